The second-order valence-electron chi connectivity index (χ2n) is 6.13. The molecule has 3 rings (SSSR count). The standard InChI is InChI=1S/C15H16F2N4O2.C2HF3O2/c1-23-14(8-6-18-7-8)15(22)19-12-5-11(20-21-12)13-9(16)3-2-4-10(13)17;3-2(4,5)1(6)7/h2-5,8,14,18H,6-7H2,1H3,(H2,19,20,21,22);(H,6,7). The Bertz CT molecular complexity index is 878. The zero-order valence-electron chi connectivity index (χ0n) is 15.4. The maximum absolute atomic E-state index is 13.7. The molecule has 4 N–H and O–H groups in total. The quantitative estimate of drug-likeness (QED) is 0.534. The number of carboxylic acid groups (broad SMARTS) is 1. The van der Waals surface area contributed by atoms with E-state index in [2.05, 4.69) is 20.8 Å². The Hall–Kier alpha value is -3.06. The van der Waals surface area contributed by atoms with E-state index in [0.717, 1.165) is 12.1 Å². The van der Waals surface area contributed by atoms with Gasteiger partial charge < -0.3 is 20.5 Å². The van der Waals surface area contributed by atoms with E-state index in [9.17, 15) is 26.7 Å². The minimum Gasteiger partial charge on any atom is -0.475 e. The predicted octanol–water partition coefficient (Wildman–Crippen LogP) is 2.16. The van der Waals surface area contributed by atoms with Gasteiger partial charge in [-0.15, -0.1) is 0 Å². The van der Waals surface area contributed by atoms with E-state index in [4.69, 9.17) is 14.6 Å². The van der Waals surface area contributed by atoms with Gasteiger partial charge in [0.25, 0.3) is 5.91 Å². The Balaban J connectivity index is 0.000000396. The number of carbonyl (C=O) groups is 2. The minimum absolute atomic E-state index is 0.0995. The van der Waals surface area contributed by atoms with Crippen molar-refractivity contribution in [2.24, 2.45) is 5.92 Å². The van der Waals surface area contributed by atoms with E-state index in [1.807, 2.05) is 0 Å². The highest BCUT2D eigenvalue weighted by Gasteiger charge is 2.38. The molecule has 1 aromatic heterocycles. The summed E-state index contributed by atoms with van der Waals surface area (Å²) in [7, 11) is 1.47. The number of alkyl halides is 3. The van der Waals surface area contributed by atoms with Gasteiger partial charge in [0.05, 0.1) is 11.3 Å². The molecule has 1 unspecified atom stereocenters. The monoisotopic (exact) mass is 436 g/mol. The normalized spacial score (nSPS) is 14.9. The third-order valence-corrected chi connectivity index (χ3v) is 4.06. The Morgan fingerprint density at radius 1 is 1.27 bits per heavy atom. The summed E-state index contributed by atoms with van der Waals surface area (Å²) in [5, 5.41) is 19.2. The molecule has 1 fully saturated rings. The second-order valence-corrected chi connectivity index (χ2v) is 6.13. The number of carbonyl (C=O) groups excluding carboxylic acids is 1. The van der Waals surface area contributed by atoms with Crippen LogP contribution in [0.3, 0.4) is 0 Å². The highest BCUT2D eigenvalue weighted by Crippen LogP contribution is 2.26. The molecule has 1 atom stereocenters. The highest BCUT2D eigenvalue weighted by atomic mass is 19.4. The van der Waals surface area contributed by atoms with Gasteiger partial charge >= 0.3 is 12.1 Å². The Kier molecular flexibility index (Phi) is 7.45. The van der Waals surface area contributed by atoms with Crippen LogP contribution < -0.4 is 10.6 Å². The molecule has 0 bridgehead atoms. The van der Waals surface area contributed by atoms with Gasteiger partial charge in [-0.3, -0.25) is 9.89 Å². The summed E-state index contributed by atoms with van der Waals surface area (Å²) in [4.78, 5) is 21.1. The number of rotatable bonds is 5. The van der Waals surface area contributed by atoms with Gasteiger partial charge in [-0.25, -0.2) is 13.6 Å². The highest BCUT2D eigenvalue weighted by molar-refractivity contribution is 5.94. The molecule has 2 heterocycles. The van der Waals surface area contributed by atoms with Crippen molar-refractivity contribution >= 4 is 17.7 Å². The molecule has 8 nitrogen and oxygen atoms in total. The van der Waals surface area contributed by atoms with Crippen LogP contribution in [0.15, 0.2) is 24.3 Å². The number of benzene rings is 1. The largest absolute Gasteiger partial charge is 0.490 e. The first-order chi connectivity index (χ1) is 14.0. The molecule has 164 valence electrons. The van der Waals surface area contributed by atoms with Crippen molar-refractivity contribution in [3.63, 3.8) is 0 Å². The zero-order valence-corrected chi connectivity index (χ0v) is 15.4. The lowest BCUT2D eigenvalue weighted by molar-refractivity contribution is -0.192. The topological polar surface area (TPSA) is 116 Å². The lowest BCUT2D eigenvalue weighted by Gasteiger charge is -2.32. The number of aromatic nitrogens is 2. The van der Waals surface area contributed by atoms with Crippen LogP contribution in [-0.4, -0.2) is 59.7 Å². The van der Waals surface area contributed by atoms with Crippen LogP contribution in [0.2, 0.25) is 0 Å². The summed E-state index contributed by atoms with van der Waals surface area (Å²) in [6, 6.07) is 4.97. The maximum Gasteiger partial charge on any atom is 0.490 e. The number of carboxylic acids is 1. The zero-order chi connectivity index (χ0) is 22.5. The molecule has 0 spiro atoms. The van der Waals surface area contributed by atoms with Gasteiger partial charge in [-0.05, 0) is 12.1 Å². The van der Waals surface area contributed by atoms with Crippen LogP contribution in [0.1, 0.15) is 0 Å². The number of aromatic amines is 1. The number of hydrogen-bond acceptors (Lipinski definition) is 5. The Labute approximate surface area is 166 Å². The third-order valence-electron chi connectivity index (χ3n) is 4.06. The van der Waals surface area contributed by atoms with Crippen LogP contribution in [0.25, 0.3) is 11.3 Å². The van der Waals surface area contributed by atoms with Crippen molar-refractivity contribution in [1.82, 2.24) is 15.5 Å². The number of nitrogens with zero attached hydrogens (tertiary/aromatic N) is 1. The molecule has 1 aliphatic rings. The molecule has 1 aliphatic heterocycles. The molecule has 2 aromatic rings. The van der Waals surface area contributed by atoms with Crippen molar-refractivity contribution in [2.75, 3.05) is 25.5 Å². The maximum atomic E-state index is 13.7. The Morgan fingerprint density at radius 2 is 1.83 bits per heavy atom. The predicted molar refractivity (Wildman–Crippen MR) is 93.4 cm³/mol. The number of ether oxygens (including phenoxy) is 1. The second kappa shape index (κ2) is 9.63. The minimum atomic E-state index is -5.08. The fraction of sp³-hybridized carbons (Fsp3) is 0.353. The van der Waals surface area contributed by atoms with E-state index >= 15 is 0 Å². The van der Waals surface area contributed by atoms with Crippen LogP contribution in [0, 0.1) is 17.6 Å². The third kappa shape index (κ3) is 5.73. The van der Waals surface area contributed by atoms with Gasteiger partial charge in [0.2, 0.25) is 0 Å². The average molecular weight is 436 g/mol. The van der Waals surface area contributed by atoms with Crippen molar-refractivity contribution in [1.29, 1.82) is 0 Å². The smallest absolute Gasteiger partial charge is 0.475 e. The fourth-order valence-electron chi connectivity index (χ4n) is 2.50. The SMILES string of the molecule is COC(C(=O)Nc1cc(-c2c(F)cccc2F)[nH]n1)C1CNC1.O=C(O)C(F)(F)F. The molecule has 1 amide bonds. The number of methoxy groups -OCH3 is 1. The van der Waals surface area contributed by atoms with Crippen molar-refractivity contribution in [3.8, 4) is 11.3 Å². The van der Waals surface area contributed by atoms with E-state index in [1.165, 1.54) is 19.2 Å². The summed E-state index contributed by atoms with van der Waals surface area (Å²) in [6.07, 6.45) is -5.68. The van der Waals surface area contributed by atoms with Gasteiger partial charge in [0.1, 0.15) is 17.7 Å². The van der Waals surface area contributed by atoms with Crippen LogP contribution >= 0.6 is 0 Å². The molecule has 1 saturated heterocycles. The van der Waals surface area contributed by atoms with Gasteiger partial charge in [-0.2, -0.15) is 18.3 Å². The summed E-state index contributed by atoms with van der Waals surface area (Å²) < 4.78 is 64.4. The van der Waals surface area contributed by atoms with Crippen LogP contribution in [0.4, 0.5) is 27.8 Å². The number of amides is 1. The number of nitrogens with one attached hydrogen (secondary N) is 3. The molecule has 0 aliphatic carbocycles. The molecular formula is C17H17F5N4O4. The lowest BCUT2D eigenvalue weighted by atomic mass is 9.95. The van der Waals surface area contributed by atoms with Crippen molar-refractivity contribution in [2.45, 2.75) is 12.3 Å². The number of H-pyrrole nitrogens is 1. The molecule has 13 heteroatoms. The molecular weight excluding hydrogens is 419 g/mol. The summed E-state index contributed by atoms with van der Waals surface area (Å²) in [5.74, 6) is -4.23. The number of anilines is 1. The molecule has 30 heavy (non-hydrogen) atoms. The number of halogens is 5. The van der Waals surface area contributed by atoms with Crippen molar-refractivity contribution in [3.05, 3.63) is 35.9 Å². The summed E-state index contributed by atoms with van der Waals surface area (Å²) in [5.41, 5.74) is -0.0674. The van der Waals surface area contributed by atoms with E-state index in [1.54, 1.807) is 0 Å². The van der Waals surface area contributed by atoms with Crippen molar-refractivity contribution < 1.29 is 41.4 Å². The van der Waals surface area contributed by atoms with E-state index < -0.39 is 29.9 Å². The first kappa shape index (κ1) is 23.2. The van der Waals surface area contributed by atoms with Gasteiger partial charge in [0.15, 0.2) is 5.82 Å². The molecule has 1 aromatic carbocycles. The van der Waals surface area contributed by atoms with E-state index in [0.29, 0.717) is 13.1 Å². The van der Waals surface area contributed by atoms with Crippen LogP contribution in [0.5, 0.6) is 0 Å². The molecule has 0 radical (unpaired) electrons. The number of hydrogen-bond donors (Lipinski definition) is 4. The molecule has 0 saturated carbocycles. The van der Waals surface area contributed by atoms with Crippen LogP contribution in [-0.2, 0) is 14.3 Å². The lowest BCUT2D eigenvalue weighted by Crippen LogP contribution is -2.53. The number of aliphatic carboxylic acids is 1. The van der Waals surface area contributed by atoms with Gasteiger partial charge in [0, 0.05) is 32.2 Å². The summed E-state index contributed by atoms with van der Waals surface area (Å²) in [6.45, 7) is 1.41. The van der Waals surface area contributed by atoms with E-state index in [-0.39, 0.29) is 28.9 Å². The average Bonchev–Trinajstić information content (AvgIpc) is 3.05. The summed E-state index contributed by atoms with van der Waals surface area (Å²) >= 11 is 0. The first-order valence-corrected chi connectivity index (χ1v) is 8.38. The van der Waals surface area contributed by atoms with Gasteiger partial charge in [-0.1, -0.05) is 6.07 Å². The fourth-order valence-corrected chi connectivity index (χ4v) is 2.50. The first-order valence-electron chi connectivity index (χ1n) is 8.38. The Morgan fingerprint density at radius 3 is 2.27 bits per heavy atom.